The van der Waals surface area contributed by atoms with Gasteiger partial charge in [-0.3, -0.25) is 0 Å². The highest BCUT2D eigenvalue weighted by Crippen LogP contribution is 2.51. The molecule has 0 N–H and O–H groups in total. The summed E-state index contributed by atoms with van der Waals surface area (Å²) in [6, 6.07) is 0. The largest absolute Gasteiger partial charge is 0.0984 e. The lowest BCUT2D eigenvalue weighted by Gasteiger charge is -2.24. The Hall–Kier alpha value is -0.570. The summed E-state index contributed by atoms with van der Waals surface area (Å²) >= 11 is 2.36. The lowest BCUT2D eigenvalue weighted by atomic mass is 9.79. The van der Waals surface area contributed by atoms with Gasteiger partial charge < -0.3 is 0 Å². The van der Waals surface area contributed by atoms with Crippen molar-refractivity contribution in [3.05, 3.63) is 57.3 Å². The van der Waals surface area contributed by atoms with Gasteiger partial charge in [0.25, 0.3) is 0 Å². The van der Waals surface area contributed by atoms with Crippen LogP contribution in [0.5, 0.6) is 0 Å². The Morgan fingerprint density at radius 3 is 2.35 bits per heavy atom. The van der Waals surface area contributed by atoms with Gasteiger partial charge in [0, 0.05) is 8.99 Å². The summed E-state index contributed by atoms with van der Waals surface area (Å²) in [6.07, 6.45) is 7.37. The summed E-state index contributed by atoms with van der Waals surface area (Å²) in [7, 11) is 0. The Morgan fingerprint density at radius 1 is 1.41 bits per heavy atom. The third kappa shape index (κ3) is 2.49. The predicted molar refractivity (Wildman–Crippen MR) is 86.3 cm³/mol. The molecule has 0 spiro atoms. The average molecular weight is 340 g/mol. The number of allylic oxidation sites excluding steroid dienone is 8. The van der Waals surface area contributed by atoms with Crippen molar-refractivity contribution in [1.82, 2.24) is 0 Å². The van der Waals surface area contributed by atoms with E-state index in [1.54, 1.807) is 0 Å². The molecule has 0 atom stereocenters. The molecule has 0 bridgehead atoms. The molecule has 0 aliphatic heterocycles. The van der Waals surface area contributed by atoms with Crippen molar-refractivity contribution in [3.63, 3.8) is 0 Å². The summed E-state index contributed by atoms with van der Waals surface area (Å²) in [6.45, 7) is 17.0. The van der Waals surface area contributed by atoms with Crippen LogP contribution in [0.3, 0.4) is 0 Å². The van der Waals surface area contributed by atoms with Crippen molar-refractivity contribution >= 4 is 22.6 Å². The monoisotopic (exact) mass is 340 g/mol. The van der Waals surface area contributed by atoms with Gasteiger partial charge in [-0.25, -0.2) is 0 Å². The van der Waals surface area contributed by atoms with Crippen molar-refractivity contribution in [2.45, 2.75) is 34.1 Å². The van der Waals surface area contributed by atoms with Gasteiger partial charge in [0.15, 0.2) is 0 Å². The van der Waals surface area contributed by atoms with Crippen LogP contribution in [0.2, 0.25) is 0 Å². The number of rotatable bonds is 3. The summed E-state index contributed by atoms with van der Waals surface area (Å²) in [5.74, 6) is 0. The van der Waals surface area contributed by atoms with Crippen LogP contribution in [0.4, 0.5) is 0 Å². The topological polar surface area (TPSA) is 0 Å². The predicted octanol–water partition coefficient (Wildman–Crippen LogP) is 5.74. The highest BCUT2D eigenvalue weighted by Gasteiger charge is 2.37. The highest BCUT2D eigenvalue weighted by molar-refractivity contribution is 14.1. The van der Waals surface area contributed by atoms with E-state index in [-0.39, 0.29) is 5.41 Å². The van der Waals surface area contributed by atoms with Crippen LogP contribution in [0.1, 0.15) is 34.1 Å². The van der Waals surface area contributed by atoms with E-state index in [1.807, 2.05) is 6.08 Å². The average Bonchev–Trinajstić information content (AvgIpc) is 2.47. The zero-order valence-electron chi connectivity index (χ0n) is 11.2. The first kappa shape index (κ1) is 14.5. The summed E-state index contributed by atoms with van der Waals surface area (Å²) in [4.78, 5) is 0. The fraction of sp³-hybridized carbons (Fsp3) is 0.375. The van der Waals surface area contributed by atoms with Gasteiger partial charge in [0.05, 0.1) is 0 Å². The minimum atomic E-state index is 0.0782. The van der Waals surface area contributed by atoms with E-state index in [4.69, 9.17) is 0 Å². The van der Waals surface area contributed by atoms with Gasteiger partial charge in [0.1, 0.15) is 0 Å². The molecule has 0 amide bonds. The van der Waals surface area contributed by atoms with Crippen LogP contribution in [0, 0.1) is 5.41 Å². The minimum absolute atomic E-state index is 0.0782. The van der Waals surface area contributed by atoms with Crippen molar-refractivity contribution in [1.29, 1.82) is 0 Å². The first-order valence-corrected chi connectivity index (χ1v) is 7.07. The molecule has 17 heavy (non-hydrogen) atoms. The van der Waals surface area contributed by atoms with Crippen molar-refractivity contribution in [2.24, 2.45) is 5.41 Å². The fourth-order valence-corrected chi connectivity index (χ4v) is 2.88. The van der Waals surface area contributed by atoms with Crippen LogP contribution < -0.4 is 0 Å². The van der Waals surface area contributed by atoms with Gasteiger partial charge in [-0.2, -0.15) is 0 Å². The second-order valence-corrected chi connectivity index (χ2v) is 6.03. The lowest BCUT2D eigenvalue weighted by molar-refractivity contribution is 0.547. The molecule has 0 aromatic carbocycles. The molecular formula is C16H21I. The Balaban J connectivity index is 3.39. The van der Waals surface area contributed by atoms with Gasteiger partial charge in [0.2, 0.25) is 0 Å². The Labute approximate surface area is 119 Å². The Kier molecular flexibility index (Phi) is 4.59. The molecule has 0 aromatic heterocycles. The molecule has 0 saturated carbocycles. The van der Waals surface area contributed by atoms with Crippen LogP contribution in [-0.4, -0.2) is 0 Å². The quantitative estimate of drug-likeness (QED) is 0.575. The van der Waals surface area contributed by atoms with E-state index >= 15 is 0 Å². The molecule has 0 radical (unpaired) electrons. The van der Waals surface area contributed by atoms with E-state index in [9.17, 15) is 0 Å². The van der Waals surface area contributed by atoms with Gasteiger partial charge in [-0.15, -0.1) is 0 Å². The molecule has 0 nitrogen and oxygen atoms in total. The number of hydrogen-bond donors (Lipinski definition) is 0. The smallest absolute Gasteiger partial charge is 0.0120 e. The zero-order valence-corrected chi connectivity index (χ0v) is 13.4. The second kappa shape index (κ2) is 5.38. The first-order valence-electron chi connectivity index (χ1n) is 5.99. The Morgan fingerprint density at radius 2 is 2.00 bits per heavy atom. The molecule has 0 saturated heterocycles. The molecule has 1 aliphatic carbocycles. The maximum atomic E-state index is 4.24. The molecule has 0 fully saturated rings. The molecule has 1 rings (SSSR count). The highest BCUT2D eigenvalue weighted by atomic mass is 127. The van der Waals surface area contributed by atoms with Gasteiger partial charge >= 0.3 is 0 Å². The first-order chi connectivity index (χ1) is 7.89. The van der Waals surface area contributed by atoms with E-state index in [1.165, 1.54) is 20.3 Å². The van der Waals surface area contributed by atoms with Gasteiger partial charge in [-0.05, 0) is 58.7 Å². The summed E-state index contributed by atoms with van der Waals surface area (Å²) in [5.41, 5.74) is 5.23. The standard InChI is InChI=1S/C16H21I/c1-7-12(17)10-15-11(4)13(8-2)14(9-3)16(15,5)6/h7-8,10H,2,4,9H2,1,3,5-6H3/b12-7+,15-10+. The van der Waals surface area contributed by atoms with Crippen LogP contribution >= 0.6 is 22.6 Å². The number of halogens is 1. The maximum absolute atomic E-state index is 4.24. The normalized spacial score (nSPS) is 22.5. The molecule has 0 heterocycles. The van der Waals surface area contributed by atoms with E-state index in [2.05, 4.69) is 75.6 Å². The molecular weight excluding hydrogens is 319 g/mol. The molecule has 92 valence electrons. The van der Waals surface area contributed by atoms with Crippen LogP contribution in [0.25, 0.3) is 0 Å². The van der Waals surface area contributed by atoms with Crippen molar-refractivity contribution < 1.29 is 0 Å². The third-order valence-electron chi connectivity index (χ3n) is 3.52. The van der Waals surface area contributed by atoms with Crippen LogP contribution in [-0.2, 0) is 0 Å². The zero-order chi connectivity index (χ0) is 13.2. The molecule has 1 aliphatic rings. The van der Waals surface area contributed by atoms with Crippen molar-refractivity contribution in [2.75, 3.05) is 0 Å². The van der Waals surface area contributed by atoms with Crippen LogP contribution in [0.15, 0.2) is 57.3 Å². The molecule has 1 heteroatoms. The second-order valence-electron chi connectivity index (χ2n) is 4.79. The maximum Gasteiger partial charge on any atom is 0.0120 e. The lowest BCUT2D eigenvalue weighted by Crippen LogP contribution is -2.13. The van der Waals surface area contributed by atoms with E-state index in [0.29, 0.717) is 0 Å². The van der Waals surface area contributed by atoms with Crippen molar-refractivity contribution in [3.8, 4) is 0 Å². The minimum Gasteiger partial charge on any atom is -0.0984 e. The molecule has 0 aromatic rings. The van der Waals surface area contributed by atoms with Gasteiger partial charge in [-0.1, -0.05) is 51.7 Å². The SMILES string of the molecule is C=CC1=C(CC)C(C)(C)/C(=C/C(I)=C\C)C1=C. The summed E-state index contributed by atoms with van der Waals surface area (Å²) in [5, 5.41) is 0. The Bertz CT molecular complexity index is 442. The van der Waals surface area contributed by atoms with E-state index in [0.717, 1.165) is 12.0 Å². The summed E-state index contributed by atoms with van der Waals surface area (Å²) < 4.78 is 1.26. The fourth-order valence-electron chi connectivity index (χ4n) is 2.57. The third-order valence-corrected chi connectivity index (χ3v) is 4.45. The van der Waals surface area contributed by atoms with E-state index < -0.39 is 0 Å². The molecule has 0 unspecified atom stereocenters. The number of hydrogen-bond acceptors (Lipinski definition) is 0.